The van der Waals surface area contributed by atoms with Crippen LogP contribution in [-0.4, -0.2) is 15.5 Å². The van der Waals surface area contributed by atoms with Crippen molar-refractivity contribution in [2.45, 2.75) is 40.7 Å². The number of rotatable bonds is 4. The van der Waals surface area contributed by atoms with Crippen molar-refractivity contribution >= 4 is 43.5 Å². The summed E-state index contributed by atoms with van der Waals surface area (Å²) in [5.74, 6) is -0.147. The highest BCUT2D eigenvalue weighted by molar-refractivity contribution is 7.22. The molecular formula is C23H23N3O2S. The first-order chi connectivity index (χ1) is 13.8. The predicted molar refractivity (Wildman–Crippen MR) is 120 cm³/mol. The van der Waals surface area contributed by atoms with Crippen molar-refractivity contribution < 1.29 is 4.79 Å². The van der Waals surface area contributed by atoms with Crippen LogP contribution in [0.25, 0.3) is 21.1 Å². The van der Waals surface area contributed by atoms with Gasteiger partial charge >= 0.3 is 0 Å². The molecule has 6 heteroatoms. The lowest BCUT2D eigenvalue weighted by molar-refractivity contribution is -0.116. The number of carbonyl (C=O) groups excluding carboxylic acids is 1. The van der Waals surface area contributed by atoms with Gasteiger partial charge in [0.25, 0.3) is 5.56 Å². The molecule has 0 saturated heterocycles. The Balaban J connectivity index is 1.57. The third kappa shape index (κ3) is 3.80. The van der Waals surface area contributed by atoms with E-state index < -0.39 is 0 Å². The van der Waals surface area contributed by atoms with E-state index >= 15 is 0 Å². The summed E-state index contributed by atoms with van der Waals surface area (Å²) < 4.78 is 2.75. The average Bonchev–Trinajstić information content (AvgIpc) is 3.03. The van der Waals surface area contributed by atoms with E-state index in [4.69, 9.17) is 0 Å². The number of benzene rings is 2. The standard InChI is InChI=1S/C23H23N3O2S/c1-13-5-6-18-19(11-13)29-23(24-18)25-20(27)7-8-26-21(28)12-15(3)17-10-14(2)9-16(4)22(17)26/h5-6,9-12H,7-8H2,1-4H3,(H,24,25,27). The second kappa shape index (κ2) is 7.44. The van der Waals surface area contributed by atoms with Crippen molar-refractivity contribution in [1.29, 1.82) is 0 Å². The molecule has 0 bridgehead atoms. The minimum atomic E-state index is -0.147. The lowest BCUT2D eigenvalue weighted by atomic mass is 10.0. The fourth-order valence-electron chi connectivity index (χ4n) is 3.77. The fourth-order valence-corrected chi connectivity index (χ4v) is 4.75. The molecule has 148 valence electrons. The first kappa shape index (κ1) is 19.3. The third-order valence-corrected chi connectivity index (χ3v) is 6.03. The van der Waals surface area contributed by atoms with E-state index in [1.165, 1.54) is 11.3 Å². The molecule has 0 radical (unpaired) electrons. The normalized spacial score (nSPS) is 11.3. The van der Waals surface area contributed by atoms with Crippen LogP contribution in [0.2, 0.25) is 0 Å². The van der Waals surface area contributed by atoms with Gasteiger partial charge in [-0.05, 0) is 62.6 Å². The van der Waals surface area contributed by atoms with Crippen LogP contribution >= 0.6 is 11.3 Å². The minimum Gasteiger partial charge on any atom is -0.307 e. The van der Waals surface area contributed by atoms with Gasteiger partial charge in [-0.3, -0.25) is 9.59 Å². The van der Waals surface area contributed by atoms with E-state index in [1.54, 1.807) is 10.6 Å². The Labute approximate surface area is 173 Å². The predicted octanol–water partition coefficient (Wildman–Crippen LogP) is 4.87. The van der Waals surface area contributed by atoms with E-state index in [0.29, 0.717) is 11.7 Å². The van der Waals surface area contributed by atoms with Gasteiger partial charge in [0, 0.05) is 24.4 Å². The van der Waals surface area contributed by atoms with Crippen molar-refractivity contribution in [3.8, 4) is 0 Å². The summed E-state index contributed by atoms with van der Waals surface area (Å²) in [5.41, 5.74) is 6.03. The first-order valence-corrected chi connectivity index (χ1v) is 10.4. The van der Waals surface area contributed by atoms with E-state index in [0.717, 1.165) is 43.4 Å². The summed E-state index contributed by atoms with van der Waals surface area (Å²) >= 11 is 1.46. The molecule has 0 atom stereocenters. The Bertz CT molecular complexity index is 1320. The number of carbonyl (C=O) groups is 1. The van der Waals surface area contributed by atoms with Gasteiger partial charge in [0.2, 0.25) is 5.91 Å². The number of hydrogen-bond acceptors (Lipinski definition) is 4. The molecule has 1 N–H and O–H groups in total. The molecule has 2 aromatic heterocycles. The highest BCUT2D eigenvalue weighted by atomic mass is 32.1. The van der Waals surface area contributed by atoms with Gasteiger partial charge in [-0.15, -0.1) is 0 Å². The number of thiazole rings is 1. The molecule has 1 amide bonds. The summed E-state index contributed by atoms with van der Waals surface area (Å²) in [4.78, 5) is 29.6. The molecule has 0 aliphatic heterocycles. The van der Waals surface area contributed by atoms with Crippen molar-refractivity contribution in [2.24, 2.45) is 0 Å². The topological polar surface area (TPSA) is 64.0 Å². The van der Waals surface area contributed by atoms with Crippen LogP contribution in [0.1, 0.15) is 28.7 Å². The number of nitrogens with one attached hydrogen (secondary N) is 1. The molecule has 4 aromatic rings. The second-order valence-corrected chi connectivity index (χ2v) is 8.61. The van der Waals surface area contributed by atoms with Gasteiger partial charge in [-0.2, -0.15) is 0 Å². The fraction of sp³-hybridized carbons (Fsp3) is 0.261. The monoisotopic (exact) mass is 405 g/mol. The van der Waals surface area contributed by atoms with E-state index in [1.807, 2.05) is 39.8 Å². The highest BCUT2D eigenvalue weighted by Gasteiger charge is 2.13. The SMILES string of the molecule is Cc1ccc2nc(NC(=O)CCn3c(=O)cc(C)c4cc(C)cc(C)c43)sc2c1. The van der Waals surface area contributed by atoms with Crippen molar-refractivity contribution in [3.63, 3.8) is 0 Å². The molecule has 2 aromatic carbocycles. The zero-order valence-corrected chi connectivity index (χ0v) is 17.8. The molecule has 0 aliphatic rings. The number of amides is 1. The maximum Gasteiger partial charge on any atom is 0.251 e. The van der Waals surface area contributed by atoms with Crippen LogP contribution < -0.4 is 10.9 Å². The number of hydrogen-bond donors (Lipinski definition) is 1. The Kier molecular flexibility index (Phi) is 4.96. The molecule has 4 rings (SSSR count). The average molecular weight is 406 g/mol. The Morgan fingerprint density at radius 2 is 1.83 bits per heavy atom. The summed E-state index contributed by atoms with van der Waals surface area (Å²) in [5, 5.41) is 4.52. The van der Waals surface area contributed by atoms with Gasteiger partial charge in [-0.25, -0.2) is 4.98 Å². The van der Waals surface area contributed by atoms with Gasteiger partial charge in [0.1, 0.15) is 0 Å². The lowest BCUT2D eigenvalue weighted by Gasteiger charge is -2.15. The van der Waals surface area contributed by atoms with Crippen LogP contribution in [-0.2, 0) is 11.3 Å². The van der Waals surface area contributed by atoms with Crippen LogP contribution in [0.5, 0.6) is 0 Å². The molecular weight excluding hydrogens is 382 g/mol. The molecule has 0 fully saturated rings. The summed E-state index contributed by atoms with van der Waals surface area (Å²) in [7, 11) is 0. The van der Waals surface area contributed by atoms with Gasteiger partial charge in [0.05, 0.1) is 15.7 Å². The van der Waals surface area contributed by atoms with Crippen LogP contribution in [0, 0.1) is 27.7 Å². The molecule has 5 nitrogen and oxygen atoms in total. The number of pyridine rings is 1. The number of anilines is 1. The van der Waals surface area contributed by atoms with Crippen LogP contribution in [0.3, 0.4) is 0 Å². The largest absolute Gasteiger partial charge is 0.307 e. The van der Waals surface area contributed by atoms with Crippen molar-refractivity contribution in [3.05, 3.63) is 69.0 Å². The quantitative estimate of drug-likeness (QED) is 0.527. The number of aromatic nitrogens is 2. The molecule has 0 unspecified atom stereocenters. The van der Waals surface area contributed by atoms with Gasteiger partial charge in [0.15, 0.2) is 5.13 Å². The summed E-state index contributed by atoms with van der Waals surface area (Å²) in [6.45, 7) is 8.37. The van der Waals surface area contributed by atoms with E-state index in [2.05, 4.69) is 28.5 Å². The van der Waals surface area contributed by atoms with Crippen molar-refractivity contribution in [1.82, 2.24) is 9.55 Å². The van der Waals surface area contributed by atoms with Crippen LogP contribution in [0.4, 0.5) is 5.13 Å². The Morgan fingerprint density at radius 3 is 2.62 bits per heavy atom. The summed E-state index contributed by atoms with van der Waals surface area (Å²) in [6.07, 6.45) is 0.209. The Morgan fingerprint density at radius 1 is 1.03 bits per heavy atom. The molecule has 0 saturated carbocycles. The maximum atomic E-state index is 12.6. The molecule has 2 heterocycles. The maximum absolute atomic E-state index is 12.6. The molecule has 0 aliphatic carbocycles. The van der Waals surface area contributed by atoms with E-state index in [-0.39, 0.29) is 17.9 Å². The van der Waals surface area contributed by atoms with Crippen LogP contribution in [0.15, 0.2) is 41.2 Å². The highest BCUT2D eigenvalue weighted by Crippen LogP contribution is 2.27. The van der Waals surface area contributed by atoms with E-state index in [9.17, 15) is 9.59 Å². The lowest BCUT2D eigenvalue weighted by Crippen LogP contribution is -2.24. The van der Waals surface area contributed by atoms with Gasteiger partial charge in [-0.1, -0.05) is 29.0 Å². The minimum absolute atomic E-state index is 0.0785. The molecule has 29 heavy (non-hydrogen) atoms. The van der Waals surface area contributed by atoms with Crippen molar-refractivity contribution in [2.75, 3.05) is 5.32 Å². The Hall–Kier alpha value is -2.99. The molecule has 0 spiro atoms. The third-order valence-electron chi connectivity index (χ3n) is 5.10. The zero-order chi connectivity index (χ0) is 20.7. The number of nitrogens with zero attached hydrogens (tertiary/aromatic N) is 2. The second-order valence-electron chi connectivity index (χ2n) is 7.58. The number of aryl methyl sites for hydroxylation is 5. The first-order valence-electron chi connectivity index (χ1n) is 9.60. The summed E-state index contributed by atoms with van der Waals surface area (Å²) in [6, 6.07) is 11.8. The number of fused-ring (bicyclic) bond motifs is 2. The smallest absolute Gasteiger partial charge is 0.251 e. The zero-order valence-electron chi connectivity index (χ0n) is 17.0. The van der Waals surface area contributed by atoms with Gasteiger partial charge < -0.3 is 9.88 Å².